The highest BCUT2D eigenvalue weighted by Crippen LogP contribution is 2.31. The van der Waals surface area contributed by atoms with Crippen molar-refractivity contribution < 1.29 is 18.7 Å². The number of carbonyl (C=O) groups excluding carboxylic acids is 2. The van der Waals surface area contributed by atoms with Crippen LogP contribution in [-0.2, 0) is 14.3 Å². The summed E-state index contributed by atoms with van der Waals surface area (Å²) in [6.07, 6.45) is -0.789. The minimum absolute atomic E-state index is 0.124. The zero-order chi connectivity index (χ0) is 16.4. The van der Waals surface area contributed by atoms with Crippen LogP contribution in [0.2, 0.25) is 0 Å². The van der Waals surface area contributed by atoms with Gasteiger partial charge in [-0.25, -0.2) is 4.39 Å². The lowest BCUT2D eigenvalue weighted by Crippen LogP contribution is -2.55. The Morgan fingerprint density at radius 2 is 2.09 bits per heavy atom. The molecule has 23 heavy (non-hydrogen) atoms. The molecule has 2 unspecified atom stereocenters. The summed E-state index contributed by atoms with van der Waals surface area (Å²) in [6.45, 7) is 1.23. The molecule has 0 bridgehead atoms. The normalized spacial score (nSPS) is 25.6. The number of thioether (sulfide) groups is 1. The Morgan fingerprint density at radius 1 is 1.35 bits per heavy atom. The molecule has 0 aromatic heterocycles. The van der Waals surface area contributed by atoms with Crippen molar-refractivity contribution in [2.75, 3.05) is 38.2 Å². The van der Waals surface area contributed by atoms with E-state index in [0.29, 0.717) is 18.7 Å². The number of benzene rings is 1. The van der Waals surface area contributed by atoms with Gasteiger partial charge in [0.2, 0.25) is 5.91 Å². The molecule has 3 rings (SSSR count). The van der Waals surface area contributed by atoms with Gasteiger partial charge in [-0.2, -0.15) is 11.8 Å². The van der Waals surface area contributed by atoms with Crippen LogP contribution in [0.15, 0.2) is 24.3 Å². The second-order valence-corrected chi connectivity index (χ2v) is 6.90. The highest BCUT2D eigenvalue weighted by Gasteiger charge is 2.42. The Hall–Kier alpha value is -1.60. The van der Waals surface area contributed by atoms with Crippen molar-refractivity contribution in [3.63, 3.8) is 0 Å². The Labute approximate surface area is 138 Å². The summed E-state index contributed by atoms with van der Waals surface area (Å²) in [5.41, 5.74) is 0.574. The Balaban J connectivity index is 1.89. The van der Waals surface area contributed by atoms with E-state index in [-0.39, 0.29) is 18.4 Å². The molecule has 1 aromatic carbocycles. The van der Waals surface area contributed by atoms with E-state index in [4.69, 9.17) is 4.74 Å². The fourth-order valence-corrected chi connectivity index (χ4v) is 3.87. The summed E-state index contributed by atoms with van der Waals surface area (Å²) in [5.74, 6) is 1.07. The van der Waals surface area contributed by atoms with Gasteiger partial charge in [0.25, 0.3) is 5.91 Å². The van der Waals surface area contributed by atoms with Gasteiger partial charge in [-0.05, 0) is 17.7 Å². The Bertz CT molecular complexity index is 607. The average Bonchev–Trinajstić information content (AvgIpc) is 2.57. The molecule has 0 aliphatic carbocycles. The summed E-state index contributed by atoms with van der Waals surface area (Å²) in [5, 5.41) is 0. The average molecular weight is 338 g/mol. The maximum Gasteiger partial charge on any atom is 0.254 e. The first-order valence-corrected chi connectivity index (χ1v) is 8.72. The third-order valence-electron chi connectivity index (χ3n) is 4.24. The number of halogens is 1. The number of hydrogen-bond donors (Lipinski definition) is 0. The second kappa shape index (κ2) is 6.88. The minimum Gasteiger partial charge on any atom is -0.356 e. The number of carbonyl (C=O) groups is 2. The number of hydrogen-bond acceptors (Lipinski definition) is 4. The molecule has 2 amide bonds. The van der Waals surface area contributed by atoms with E-state index in [1.807, 2.05) is 11.8 Å². The summed E-state index contributed by atoms with van der Waals surface area (Å²) >= 11 is 1.81. The van der Waals surface area contributed by atoms with Gasteiger partial charge in [0.1, 0.15) is 12.4 Å². The fourth-order valence-electron chi connectivity index (χ4n) is 2.97. The van der Waals surface area contributed by atoms with Crippen LogP contribution in [0.25, 0.3) is 0 Å². The quantitative estimate of drug-likeness (QED) is 0.816. The van der Waals surface area contributed by atoms with Gasteiger partial charge >= 0.3 is 0 Å². The van der Waals surface area contributed by atoms with Crippen molar-refractivity contribution in [1.29, 1.82) is 0 Å². The molecular weight excluding hydrogens is 319 g/mol. The molecule has 2 fully saturated rings. The van der Waals surface area contributed by atoms with Crippen molar-refractivity contribution in [3.8, 4) is 0 Å². The van der Waals surface area contributed by atoms with Crippen molar-refractivity contribution in [3.05, 3.63) is 35.6 Å². The van der Waals surface area contributed by atoms with Crippen LogP contribution in [0.4, 0.5) is 4.39 Å². The molecule has 124 valence electrons. The van der Waals surface area contributed by atoms with E-state index < -0.39 is 18.0 Å². The van der Waals surface area contributed by atoms with Crippen LogP contribution in [0.5, 0.6) is 0 Å². The maximum absolute atomic E-state index is 13.6. The molecule has 1 aromatic rings. The largest absolute Gasteiger partial charge is 0.356 e. The van der Waals surface area contributed by atoms with E-state index in [2.05, 4.69) is 0 Å². The summed E-state index contributed by atoms with van der Waals surface area (Å²) in [7, 11) is 1.63. The van der Waals surface area contributed by atoms with Crippen LogP contribution in [-0.4, -0.2) is 66.0 Å². The van der Waals surface area contributed by atoms with Gasteiger partial charge in [-0.3, -0.25) is 9.59 Å². The molecule has 2 aliphatic heterocycles. The fraction of sp³-hybridized carbons (Fsp3) is 0.500. The number of likely N-dealkylation sites (N-methyl/N-ethyl adjacent to an activating group) is 1. The second-order valence-electron chi connectivity index (χ2n) is 5.67. The van der Waals surface area contributed by atoms with Gasteiger partial charge in [-0.1, -0.05) is 12.1 Å². The van der Waals surface area contributed by atoms with E-state index >= 15 is 0 Å². The molecular formula is C16H19FN2O3S. The molecule has 7 heteroatoms. The van der Waals surface area contributed by atoms with Gasteiger partial charge in [0.05, 0.1) is 6.04 Å². The number of morpholine rings is 1. The van der Waals surface area contributed by atoms with Crippen LogP contribution >= 0.6 is 11.8 Å². The van der Waals surface area contributed by atoms with E-state index in [9.17, 15) is 14.0 Å². The first kappa shape index (κ1) is 16.3. The SMILES string of the molecule is CN1C(=O)COC(C(=O)N2CCSCC2)C1c1cccc(F)c1. The van der Waals surface area contributed by atoms with E-state index in [1.54, 1.807) is 24.1 Å². The summed E-state index contributed by atoms with van der Waals surface area (Å²) < 4.78 is 19.2. The van der Waals surface area contributed by atoms with Gasteiger partial charge in [-0.15, -0.1) is 0 Å². The molecule has 2 heterocycles. The van der Waals surface area contributed by atoms with Crippen molar-refractivity contribution in [2.24, 2.45) is 0 Å². The lowest BCUT2D eigenvalue weighted by molar-refractivity contribution is -0.167. The number of ether oxygens (including phenoxy) is 1. The highest BCUT2D eigenvalue weighted by molar-refractivity contribution is 7.99. The summed E-state index contributed by atoms with van der Waals surface area (Å²) in [4.78, 5) is 28.1. The first-order valence-electron chi connectivity index (χ1n) is 7.57. The van der Waals surface area contributed by atoms with Crippen molar-refractivity contribution in [1.82, 2.24) is 9.80 Å². The van der Waals surface area contributed by atoms with E-state index in [1.165, 1.54) is 17.0 Å². The predicted molar refractivity (Wildman–Crippen MR) is 85.6 cm³/mol. The Morgan fingerprint density at radius 3 is 2.78 bits per heavy atom. The van der Waals surface area contributed by atoms with Crippen molar-refractivity contribution in [2.45, 2.75) is 12.1 Å². The maximum atomic E-state index is 13.6. The van der Waals surface area contributed by atoms with Gasteiger partial charge in [0.15, 0.2) is 6.10 Å². The molecule has 0 N–H and O–H groups in total. The molecule has 2 aliphatic rings. The predicted octanol–water partition coefficient (Wildman–Crippen LogP) is 1.30. The van der Waals surface area contributed by atoms with Crippen LogP contribution in [0, 0.1) is 5.82 Å². The molecule has 0 radical (unpaired) electrons. The van der Waals surface area contributed by atoms with Crippen LogP contribution < -0.4 is 0 Å². The molecule has 2 saturated heterocycles. The molecule has 2 atom stereocenters. The zero-order valence-electron chi connectivity index (χ0n) is 12.9. The molecule has 0 saturated carbocycles. The minimum atomic E-state index is -0.789. The topological polar surface area (TPSA) is 49.9 Å². The van der Waals surface area contributed by atoms with Crippen LogP contribution in [0.3, 0.4) is 0 Å². The Kier molecular flexibility index (Phi) is 4.87. The third-order valence-corrected chi connectivity index (χ3v) is 5.18. The lowest BCUT2D eigenvalue weighted by atomic mass is 9.97. The molecule has 0 spiro atoms. The molecule has 5 nitrogen and oxygen atoms in total. The number of amides is 2. The standard InChI is InChI=1S/C16H19FN2O3S/c1-18-13(20)10-22-15(16(21)19-5-7-23-8-6-19)14(18)11-3-2-4-12(17)9-11/h2-4,9,14-15H,5-8,10H2,1H3. The van der Waals surface area contributed by atoms with Crippen LogP contribution in [0.1, 0.15) is 11.6 Å². The van der Waals surface area contributed by atoms with Gasteiger partial charge in [0, 0.05) is 31.6 Å². The lowest BCUT2D eigenvalue weighted by Gasteiger charge is -2.40. The third kappa shape index (κ3) is 3.35. The smallest absolute Gasteiger partial charge is 0.254 e. The zero-order valence-corrected chi connectivity index (χ0v) is 13.7. The first-order chi connectivity index (χ1) is 11.1. The number of nitrogens with zero attached hydrogens (tertiary/aromatic N) is 2. The highest BCUT2D eigenvalue weighted by atomic mass is 32.2. The van der Waals surface area contributed by atoms with E-state index in [0.717, 1.165) is 11.5 Å². The summed E-state index contributed by atoms with van der Waals surface area (Å²) in [6, 6.07) is 5.40. The monoisotopic (exact) mass is 338 g/mol. The van der Waals surface area contributed by atoms with Gasteiger partial charge < -0.3 is 14.5 Å². The van der Waals surface area contributed by atoms with Crippen molar-refractivity contribution >= 4 is 23.6 Å². The number of rotatable bonds is 2.